The van der Waals surface area contributed by atoms with Crippen molar-refractivity contribution >= 4 is 0 Å². The van der Waals surface area contributed by atoms with Gasteiger partial charge in [0, 0.05) is 32.7 Å². The van der Waals surface area contributed by atoms with Crippen LogP contribution in [0.1, 0.15) is 18.1 Å². The maximum Gasteiger partial charge on any atom is 0.121 e. The number of nitrogens with one attached hydrogen (secondary N) is 1. The number of rotatable bonds is 5. The molecule has 1 aliphatic rings. The molecule has 1 aromatic carbocycles. The van der Waals surface area contributed by atoms with Crippen LogP contribution in [-0.4, -0.2) is 44.7 Å². The monoisotopic (exact) mass is 262 g/mol. The summed E-state index contributed by atoms with van der Waals surface area (Å²) in [6, 6.07) is 6.54. The van der Waals surface area contributed by atoms with Crippen LogP contribution in [-0.2, 0) is 6.42 Å². The smallest absolute Gasteiger partial charge is 0.121 e. The fourth-order valence-corrected chi connectivity index (χ4v) is 2.87. The highest BCUT2D eigenvalue weighted by atomic mass is 16.5. The number of piperazine rings is 1. The van der Waals surface area contributed by atoms with Crippen molar-refractivity contribution in [2.24, 2.45) is 5.92 Å². The zero-order chi connectivity index (χ0) is 13.7. The molecule has 0 radical (unpaired) electrons. The van der Waals surface area contributed by atoms with Crippen molar-refractivity contribution in [3.8, 4) is 5.75 Å². The number of nitrogens with zero attached hydrogens (tertiary/aromatic N) is 1. The Morgan fingerprint density at radius 3 is 2.68 bits per heavy atom. The highest BCUT2D eigenvalue weighted by Crippen LogP contribution is 2.20. The second-order valence-corrected chi connectivity index (χ2v) is 5.66. The first-order chi connectivity index (χ1) is 9.19. The van der Waals surface area contributed by atoms with E-state index < -0.39 is 0 Å². The predicted octanol–water partition coefficient (Wildman–Crippen LogP) is 2.09. The van der Waals surface area contributed by atoms with E-state index in [0.717, 1.165) is 25.3 Å². The van der Waals surface area contributed by atoms with Gasteiger partial charge in [0.25, 0.3) is 0 Å². The molecule has 1 aliphatic heterocycles. The summed E-state index contributed by atoms with van der Waals surface area (Å²) in [6.07, 6.45) is 1.15. The molecule has 1 atom stereocenters. The van der Waals surface area contributed by atoms with Crippen molar-refractivity contribution in [1.82, 2.24) is 10.2 Å². The standard InChI is InChI=1S/C16H26N2O/c1-13(12-18-8-6-17-7-9-18)10-15-4-5-16(19-3)14(2)11-15/h4-5,11,13,17H,6-10,12H2,1-3H3. The summed E-state index contributed by atoms with van der Waals surface area (Å²) in [7, 11) is 1.73. The third-order valence-electron chi connectivity index (χ3n) is 3.82. The molecule has 0 spiro atoms. The van der Waals surface area contributed by atoms with Crippen molar-refractivity contribution in [3.05, 3.63) is 29.3 Å². The highest BCUT2D eigenvalue weighted by Gasteiger charge is 2.13. The SMILES string of the molecule is COc1ccc(CC(C)CN2CCNCC2)cc1C. The number of benzene rings is 1. The van der Waals surface area contributed by atoms with Crippen molar-refractivity contribution in [2.75, 3.05) is 39.8 Å². The summed E-state index contributed by atoms with van der Waals surface area (Å²) < 4.78 is 5.31. The summed E-state index contributed by atoms with van der Waals surface area (Å²) >= 11 is 0. The molecular formula is C16H26N2O. The maximum atomic E-state index is 5.31. The maximum absolute atomic E-state index is 5.31. The summed E-state index contributed by atoms with van der Waals surface area (Å²) in [5.74, 6) is 1.68. The minimum Gasteiger partial charge on any atom is -0.496 e. The molecule has 1 unspecified atom stereocenters. The van der Waals surface area contributed by atoms with Gasteiger partial charge in [-0.3, -0.25) is 0 Å². The molecule has 3 nitrogen and oxygen atoms in total. The molecule has 0 saturated carbocycles. The molecule has 0 bridgehead atoms. The molecule has 1 fully saturated rings. The molecule has 0 amide bonds. The van der Waals surface area contributed by atoms with Crippen LogP contribution in [0.25, 0.3) is 0 Å². The lowest BCUT2D eigenvalue weighted by Gasteiger charge is -2.29. The van der Waals surface area contributed by atoms with Gasteiger partial charge in [-0.05, 0) is 36.5 Å². The Morgan fingerprint density at radius 1 is 1.32 bits per heavy atom. The Labute approximate surface area is 116 Å². The third-order valence-corrected chi connectivity index (χ3v) is 3.82. The van der Waals surface area contributed by atoms with E-state index in [1.165, 1.54) is 30.8 Å². The minimum absolute atomic E-state index is 0.700. The van der Waals surface area contributed by atoms with Gasteiger partial charge in [-0.2, -0.15) is 0 Å². The second kappa shape index (κ2) is 6.92. The molecule has 1 aromatic rings. The van der Waals surface area contributed by atoms with Gasteiger partial charge in [-0.1, -0.05) is 19.1 Å². The normalized spacial score (nSPS) is 18.3. The molecule has 1 saturated heterocycles. The van der Waals surface area contributed by atoms with E-state index in [0.29, 0.717) is 5.92 Å². The molecule has 106 valence electrons. The van der Waals surface area contributed by atoms with Crippen LogP contribution in [0.4, 0.5) is 0 Å². The van der Waals surface area contributed by atoms with Crippen LogP contribution < -0.4 is 10.1 Å². The average molecular weight is 262 g/mol. The Bertz CT molecular complexity index is 400. The molecule has 2 rings (SSSR count). The van der Waals surface area contributed by atoms with Crippen molar-refractivity contribution in [3.63, 3.8) is 0 Å². The van der Waals surface area contributed by atoms with Gasteiger partial charge in [0.1, 0.15) is 5.75 Å². The zero-order valence-electron chi connectivity index (χ0n) is 12.4. The highest BCUT2D eigenvalue weighted by molar-refractivity contribution is 5.36. The second-order valence-electron chi connectivity index (χ2n) is 5.66. The van der Waals surface area contributed by atoms with Crippen LogP contribution in [0.15, 0.2) is 18.2 Å². The van der Waals surface area contributed by atoms with Gasteiger partial charge in [0.2, 0.25) is 0 Å². The summed E-state index contributed by atoms with van der Waals surface area (Å²) in [5, 5.41) is 3.40. The Morgan fingerprint density at radius 2 is 2.05 bits per heavy atom. The van der Waals surface area contributed by atoms with E-state index in [4.69, 9.17) is 4.74 Å². The number of hydrogen-bond acceptors (Lipinski definition) is 3. The van der Waals surface area contributed by atoms with Crippen LogP contribution in [0, 0.1) is 12.8 Å². The van der Waals surface area contributed by atoms with E-state index in [-0.39, 0.29) is 0 Å². The number of hydrogen-bond donors (Lipinski definition) is 1. The number of ether oxygens (including phenoxy) is 1. The molecule has 19 heavy (non-hydrogen) atoms. The third kappa shape index (κ3) is 4.22. The molecule has 0 aliphatic carbocycles. The van der Waals surface area contributed by atoms with Crippen LogP contribution >= 0.6 is 0 Å². The van der Waals surface area contributed by atoms with Gasteiger partial charge in [0.05, 0.1) is 7.11 Å². The molecule has 1 N–H and O–H groups in total. The van der Waals surface area contributed by atoms with Gasteiger partial charge >= 0.3 is 0 Å². The lowest BCUT2D eigenvalue weighted by molar-refractivity contribution is 0.211. The largest absolute Gasteiger partial charge is 0.496 e. The lowest BCUT2D eigenvalue weighted by atomic mass is 9.98. The molecule has 3 heteroatoms. The van der Waals surface area contributed by atoms with Gasteiger partial charge in [-0.15, -0.1) is 0 Å². The lowest BCUT2D eigenvalue weighted by Crippen LogP contribution is -2.45. The van der Waals surface area contributed by atoms with Gasteiger partial charge < -0.3 is 15.0 Å². The van der Waals surface area contributed by atoms with Gasteiger partial charge in [0.15, 0.2) is 0 Å². The first-order valence-corrected chi connectivity index (χ1v) is 7.25. The Hall–Kier alpha value is -1.06. The fraction of sp³-hybridized carbons (Fsp3) is 0.625. The van der Waals surface area contributed by atoms with E-state index in [1.54, 1.807) is 7.11 Å². The Balaban J connectivity index is 1.87. The summed E-state index contributed by atoms with van der Waals surface area (Å²) in [6.45, 7) is 10.3. The van der Waals surface area contributed by atoms with Crippen LogP contribution in [0.2, 0.25) is 0 Å². The molecule has 0 aromatic heterocycles. The van der Waals surface area contributed by atoms with Crippen molar-refractivity contribution < 1.29 is 4.74 Å². The molecular weight excluding hydrogens is 236 g/mol. The van der Waals surface area contributed by atoms with E-state index in [9.17, 15) is 0 Å². The van der Waals surface area contributed by atoms with E-state index >= 15 is 0 Å². The Kier molecular flexibility index (Phi) is 5.23. The van der Waals surface area contributed by atoms with Crippen molar-refractivity contribution in [1.29, 1.82) is 0 Å². The average Bonchev–Trinajstić information content (AvgIpc) is 2.40. The number of aryl methyl sites for hydroxylation is 1. The van der Waals surface area contributed by atoms with Gasteiger partial charge in [-0.25, -0.2) is 0 Å². The first kappa shape index (κ1) is 14.4. The topological polar surface area (TPSA) is 24.5 Å². The number of methoxy groups -OCH3 is 1. The predicted molar refractivity (Wildman–Crippen MR) is 79.9 cm³/mol. The first-order valence-electron chi connectivity index (χ1n) is 7.25. The zero-order valence-corrected chi connectivity index (χ0v) is 12.4. The fourth-order valence-electron chi connectivity index (χ4n) is 2.87. The minimum atomic E-state index is 0.700. The van der Waals surface area contributed by atoms with E-state index in [2.05, 4.69) is 42.3 Å². The van der Waals surface area contributed by atoms with Crippen LogP contribution in [0.5, 0.6) is 5.75 Å². The molecule has 1 heterocycles. The van der Waals surface area contributed by atoms with E-state index in [1.807, 2.05) is 0 Å². The quantitative estimate of drug-likeness (QED) is 0.879. The van der Waals surface area contributed by atoms with Crippen LogP contribution in [0.3, 0.4) is 0 Å². The summed E-state index contributed by atoms with van der Waals surface area (Å²) in [4.78, 5) is 2.57. The van der Waals surface area contributed by atoms with Crippen molar-refractivity contribution in [2.45, 2.75) is 20.3 Å². The summed E-state index contributed by atoms with van der Waals surface area (Å²) in [5.41, 5.74) is 2.65.